The average Bonchev–Trinajstić information content (AvgIpc) is 3.51. The summed E-state index contributed by atoms with van der Waals surface area (Å²) in [5, 5.41) is 7.60. The van der Waals surface area contributed by atoms with Gasteiger partial charge in [0.1, 0.15) is 11.4 Å². The third-order valence-corrected chi connectivity index (χ3v) is 6.42. The lowest BCUT2D eigenvalue weighted by Crippen LogP contribution is -2.27. The number of aryl methyl sites for hydroxylation is 1. The Labute approximate surface area is 195 Å². The Kier molecular flexibility index (Phi) is 5.50. The van der Waals surface area contributed by atoms with E-state index in [2.05, 4.69) is 10.4 Å². The largest absolute Gasteiger partial charge is 0.497 e. The van der Waals surface area contributed by atoms with Crippen LogP contribution in [-0.2, 0) is 12.6 Å². The molecule has 6 nitrogen and oxygen atoms in total. The summed E-state index contributed by atoms with van der Waals surface area (Å²) in [6, 6.07) is 9.50. The summed E-state index contributed by atoms with van der Waals surface area (Å²) in [5.74, 6) is 0.612. The number of nitrogens with zero attached hydrogens (tertiary/aromatic N) is 3. The Hall–Kier alpha value is -3.49. The molecule has 0 amide bonds. The van der Waals surface area contributed by atoms with Crippen molar-refractivity contribution in [1.82, 2.24) is 9.78 Å². The first-order valence-electron chi connectivity index (χ1n) is 11.3. The van der Waals surface area contributed by atoms with E-state index in [-0.39, 0.29) is 5.69 Å². The minimum absolute atomic E-state index is 0.265. The summed E-state index contributed by atoms with van der Waals surface area (Å²) in [5.41, 5.74) is 2.00. The number of aromatic nitrogens is 2. The maximum Gasteiger partial charge on any atom is 0.418 e. The van der Waals surface area contributed by atoms with Gasteiger partial charge in [0, 0.05) is 36.4 Å². The van der Waals surface area contributed by atoms with Gasteiger partial charge in [-0.1, -0.05) is 0 Å². The fraction of sp³-hybridized carbons (Fsp3) is 0.360. The molecule has 5 rings (SSSR count). The van der Waals surface area contributed by atoms with Gasteiger partial charge in [-0.3, -0.25) is 4.79 Å². The highest BCUT2D eigenvalue weighted by Gasteiger charge is 2.36. The lowest BCUT2D eigenvalue weighted by atomic mass is 10.0. The van der Waals surface area contributed by atoms with Crippen LogP contribution in [0.1, 0.15) is 29.5 Å². The van der Waals surface area contributed by atoms with Crippen molar-refractivity contribution in [3.8, 4) is 22.7 Å². The number of hydrogen-bond donors (Lipinski definition) is 1. The summed E-state index contributed by atoms with van der Waals surface area (Å²) < 4.78 is 48.4. The number of ether oxygens (including phenoxy) is 1. The lowest BCUT2D eigenvalue weighted by molar-refractivity contribution is -0.137. The normalized spacial score (nSPS) is 15.4. The topological polar surface area (TPSA) is 59.4 Å². The van der Waals surface area contributed by atoms with Gasteiger partial charge in [-0.05, 0) is 68.1 Å². The first kappa shape index (κ1) is 22.3. The molecular formula is C25H25F3N4O2. The van der Waals surface area contributed by atoms with E-state index in [0.717, 1.165) is 42.2 Å². The maximum atomic E-state index is 14.0. The van der Waals surface area contributed by atoms with E-state index >= 15 is 0 Å². The smallest absolute Gasteiger partial charge is 0.418 e. The number of fused-ring (bicyclic) bond motifs is 1. The van der Waals surface area contributed by atoms with Crippen molar-refractivity contribution in [2.45, 2.75) is 32.4 Å². The first-order valence-corrected chi connectivity index (χ1v) is 11.3. The van der Waals surface area contributed by atoms with Crippen LogP contribution in [-0.4, -0.2) is 36.5 Å². The highest BCUT2D eigenvalue weighted by atomic mass is 19.4. The number of benzene rings is 2. The van der Waals surface area contributed by atoms with E-state index < -0.39 is 17.3 Å². The summed E-state index contributed by atoms with van der Waals surface area (Å²) in [4.78, 5) is 15.4. The van der Waals surface area contributed by atoms with E-state index in [4.69, 9.17) is 4.74 Å². The zero-order chi connectivity index (χ0) is 24.0. The molecule has 0 radical (unpaired) electrons. The number of alkyl halides is 3. The zero-order valence-electron chi connectivity index (χ0n) is 19.0. The molecule has 3 aromatic rings. The number of methoxy groups -OCH3 is 1. The molecule has 2 aliphatic rings. The molecule has 3 heterocycles. The first-order chi connectivity index (χ1) is 16.3. The SMILES string of the molecule is COc1cc(C)cc(-c2nn(-c3cc(N4CCCC4)ccc3C(F)(F)F)c(=O)c3c2CCN3)c1. The van der Waals surface area contributed by atoms with Gasteiger partial charge in [0.05, 0.1) is 24.1 Å². The van der Waals surface area contributed by atoms with Crippen molar-refractivity contribution >= 4 is 11.4 Å². The molecule has 0 atom stereocenters. The highest BCUT2D eigenvalue weighted by Crippen LogP contribution is 2.38. The molecule has 1 saturated heterocycles. The molecule has 34 heavy (non-hydrogen) atoms. The van der Waals surface area contributed by atoms with E-state index in [9.17, 15) is 18.0 Å². The standard InChI is InChI=1S/C25H25F3N4O2/c1-15-11-16(13-18(12-15)34-2)22-19-7-8-29-23(19)24(33)32(30-22)21-14-17(31-9-3-4-10-31)5-6-20(21)25(26,27)28/h5-6,11-14,29H,3-4,7-10H2,1-2H3. The van der Waals surface area contributed by atoms with Crippen molar-refractivity contribution in [3.63, 3.8) is 0 Å². The van der Waals surface area contributed by atoms with Crippen molar-refractivity contribution < 1.29 is 17.9 Å². The molecule has 0 spiro atoms. The van der Waals surface area contributed by atoms with Gasteiger partial charge in [0.15, 0.2) is 0 Å². The van der Waals surface area contributed by atoms with Gasteiger partial charge in [0.25, 0.3) is 5.56 Å². The monoisotopic (exact) mass is 470 g/mol. The van der Waals surface area contributed by atoms with Crippen molar-refractivity contribution in [2.75, 3.05) is 37.0 Å². The molecule has 9 heteroatoms. The molecule has 0 saturated carbocycles. The predicted octanol–water partition coefficient (Wildman–Crippen LogP) is 4.80. The quantitative estimate of drug-likeness (QED) is 0.594. The van der Waals surface area contributed by atoms with Crippen LogP contribution in [0.5, 0.6) is 5.75 Å². The van der Waals surface area contributed by atoms with Crippen molar-refractivity contribution in [3.05, 3.63) is 63.4 Å². The molecule has 1 fully saturated rings. The third kappa shape index (κ3) is 3.89. The Morgan fingerprint density at radius 1 is 1.09 bits per heavy atom. The molecule has 178 valence electrons. The number of rotatable bonds is 4. The van der Waals surface area contributed by atoms with Crippen molar-refractivity contribution in [2.24, 2.45) is 0 Å². The number of anilines is 2. The molecule has 2 aliphatic heterocycles. The van der Waals surface area contributed by atoms with Crippen LogP contribution in [0.4, 0.5) is 24.5 Å². The zero-order valence-corrected chi connectivity index (χ0v) is 19.0. The van der Waals surface area contributed by atoms with Gasteiger partial charge in [-0.15, -0.1) is 0 Å². The fourth-order valence-corrected chi connectivity index (χ4v) is 4.80. The fourth-order valence-electron chi connectivity index (χ4n) is 4.80. The Balaban J connectivity index is 1.77. The Bertz CT molecular complexity index is 1310. The van der Waals surface area contributed by atoms with E-state index in [1.54, 1.807) is 13.2 Å². The molecule has 1 N–H and O–H groups in total. The summed E-state index contributed by atoms with van der Waals surface area (Å²) in [6.07, 6.45) is -2.11. The molecular weight excluding hydrogens is 445 g/mol. The van der Waals surface area contributed by atoms with Crippen LogP contribution in [0.3, 0.4) is 0 Å². The van der Waals surface area contributed by atoms with E-state index in [0.29, 0.717) is 46.9 Å². The Morgan fingerprint density at radius 2 is 1.85 bits per heavy atom. The summed E-state index contributed by atoms with van der Waals surface area (Å²) in [7, 11) is 1.55. The third-order valence-electron chi connectivity index (χ3n) is 6.42. The van der Waals surface area contributed by atoms with E-state index in [1.807, 2.05) is 24.0 Å². The average molecular weight is 470 g/mol. The minimum atomic E-state index is -4.64. The molecule has 2 aromatic carbocycles. The number of halogens is 3. The predicted molar refractivity (Wildman–Crippen MR) is 125 cm³/mol. The highest BCUT2D eigenvalue weighted by molar-refractivity contribution is 5.73. The number of hydrogen-bond acceptors (Lipinski definition) is 5. The van der Waals surface area contributed by atoms with Gasteiger partial charge in [-0.25, -0.2) is 0 Å². The van der Waals surface area contributed by atoms with Crippen LogP contribution in [0.15, 0.2) is 41.2 Å². The van der Waals surface area contributed by atoms with Crippen LogP contribution in [0, 0.1) is 6.92 Å². The Morgan fingerprint density at radius 3 is 2.56 bits per heavy atom. The summed E-state index contributed by atoms with van der Waals surface area (Å²) in [6.45, 7) is 3.97. The van der Waals surface area contributed by atoms with Gasteiger partial charge < -0.3 is 15.0 Å². The van der Waals surface area contributed by atoms with Crippen LogP contribution in [0.2, 0.25) is 0 Å². The second-order valence-electron chi connectivity index (χ2n) is 8.73. The molecule has 0 aliphatic carbocycles. The summed E-state index contributed by atoms with van der Waals surface area (Å²) >= 11 is 0. The lowest BCUT2D eigenvalue weighted by Gasteiger charge is -2.22. The minimum Gasteiger partial charge on any atom is -0.497 e. The van der Waals surface area contributed by atoms with Gasteiger partial charge in [0.2, 0.25) is 0 Å². The molecule has 1 aromatic heterocycles. The van der Waals surface area contributed by atoms with Gasteiger partial charge in [-0.2, -0.15) is 23.0 Å². The molecule has 0 bridgehead atoms. The van der Waals surface area contributed by atoms with Crippen LogP contribution < -0.4 is 20.5 Å². The molecule has 0 unspecified atom stereocenters. The van der Waals surface area contributed by atoms with Crippen LogP contribution in [0.25, 0.3) is 16.9 Å². The van der Waals surface area contributed by atoms with Crippen molar-refractivity contribution in [1.29, 1.82) is 0 Å². The second-order valence-corrected chi connectivity index (χ2v) is 8.73. The second kappa shape index (κ2) is 8.38. The maximum absolute atomic E-state index is 14.0. The number of nitrogens with one attached hydrogen (secondary N) is 1. The van der Waals surface area contributed by atoms with Gasteiger partial charge >= 0.3 is 6.18 Å². The van der Waals surface area contributed by atoms with Crippen LogP contribution >= 0.6 is 0 Å². The van der Waals surface area contributed by atoms with E-state index in [1.165, 1.54) is 12.1 Å².